The Hall–Kier alpha value is -2.55. The molecule has 1 heterocycles. The third-order valence-electron chi connectivity index (χ3n) is 3.78. The summed E-state index contributed by atoms with van der Waals surface area (Å²) in [6, 6.07) is 7.48. The summed E-state index contributed by atoms with van der Waals surface area (Å²) in [5, 5.41) is 13.0. The summed E-state index contributed by atoms with van der Waals surface area (Å²) in [6.45, 7) is 3.68. The maximum atomic E-state index is 12.1. The summed E-state index contributed by atoms with van der Waals surface area (Å²) in [6.07, 6.45) is 1.92. The molecule has 1 aromatic carbocycles. The molecule has 0 radical (unpaired) electrons. The molecule has 1 saturated carbocycles. The molecule has 3 amide bonds. The number of hydrogen-bond donors (Lipinski definition) is 3. The van der Waals surface area contributed by atoms with Crippen molar-refractivity contribution in [2.45, 2.75) is 43.1 Å². The average Bonchev–Trinajstić information content (AvgIpc) is 3.31. The highest BCUT2D eigenvalue weighted by atomic mass is 32.2. The molecule has 1 aliphatic rings. The first-order valence-corrected chi connectivity index (χ1v) is 8.87. The third-order valence-corrected chi connectivity index (χ3v) is 4.83. The maximum Gasteiger partial charge on any atom is 0.321 e. The monoisotopic (exact) mass is 360 g/mol. The second kappa shape index (κ2) is 7.14. The SMILES string of the molecule is Cc1ccc(-c2nnc(S[C@@H](C)C(=O)NC(=O)NC3CC3)n2N)cc1. The summed E-state index contributed by atoms with van der Waals surface area (Å²) < 4.78 is 1.35. The number of hydrogen-bond acceptors (Lipinski definition) is 6. The van der Waals surface area contributed by atoms with Crippen LogP contribution in [0.25, 0.3) is 11.4 Å². The molecule has 132 valence electrons. The van der Waals surface area contributed by atoms with Crippen LogP contribution in [0, 0.1) is 6.92 Å². The predicted molar refractivity (Wildman–Crippen MR) is 95.4 cm³/mol. The van der Waals surface area contributed by atoms with Crippen LogP contribution in [0.5, 0.6) is 0 Å². The fraction of sp³-hybridized carbons (Fsp3) is 0.375. The quantitative estimate of drug-likeness (QED) is 0.549. The molecule has 1 atom stereocenters. The number of nitrogen functional groups attached to an aromatic ring is 1. The molecular weight excluding hydrogens is 340 g/mol. The number of aryl methyl sites for hydroxylation is 1. The Kier molecular flexibility index (Phi) is 4.93. The zero-order valence-corrected chi connectivity index (χ0v) is 14.8. The molecule has 3 rings (SSSR count). The van der Waals surface area contributed by atoms with E-state index < -0.39 is 17.2 Å². The molecule has 2 aromatic rings. The van der Waals surface area contributed by atoms with E-state index in [2.05, 4.69) is 20.8 Å². The van der Waals surface area contributed by atoms with Gasteiger partial charge in [0.25, 0.3) is 0 Å². The van der Waals surface area contributed by atoms with E-state index in [4.69, 9.17) is 5.84 Å². The van der Waals surface area contributed by atoms with Gasteiger partial charge in [-0.3, -0.25) is 10.1 Å². The lowest BCUT2D eigenvalue weighted by molar-refractivity contribution is -0.119. The van der Waals surface area contributed by atoms with Crippen LogP contribution in [0.1, 0.15) is 25.3 Å². The van der Waals surface area contributed by atoms with Crippen LogP contribution in [-0.4, -0.2) is 38.1 Å². The minimum absolute atomic E-state index is 0.194. The molecule has 0 bridgehead atoms. The van der Waals surface area contributed by atoms with Gasteiger partial charge in [-0.25, -0.2) is 9.47 Å². The smallest absolute Gasteiger partial charge is 0.321 e. The molecule has 9 heteroatoms. The van der Waals surface area contributed by atoms with Gasteiger partial charge < -0.3 is 11.2 Å². The van der Waals surface area contributed by atoms with E-state index in [1.165, 1.54) is 4.68 Å². The second-order valence-electron chi connectivity index (χ2n) is 6.04. The Morgan fingerprint density at radius 2 is 1.96 bits per heavy atom. The largest absolute Gasteiger partial charge is 0.335 e. The summed E-state index contributed by atoms with van der Waals surface area (Å²) >= 11 is 1.15. The van der Waals surface area contributed by atoms with E-state index in [0.717, 1.165) is 35.7 Å². The highest BCUT2D eigenvalue weighted by Gasteiger charge is 2.26. The van der Waals surface area contributed by atoms with Gasteiger partial charge in [-0.1, -0.05) is 41.6 Å². The van der Waals surface area contributed by atoms with Crippen molar-refractivity contribution >= 4 is 23.7 Å². The van der Waals surface area contributed by atoms with Crippen LogP contribution in [0.4, 0.5) is 4.79 Å². The molecule has 4 N–H and O–H groups in total. The normalized spacial score (nSPS) is 14.8. The van der Waals surface area contributed by atoms with Crippen molar-refractivity contribution in [1.82, 2.24) is 25.5 Å². The van der Waals surface area contributed by atoms with Crippen LogP contribution in [0.15, 0.2) is 29.4 Å². The van der Waals surface area contributed by atoms with Crippen molar-refractivity contribution in [3.8, 4) is 11.4 Å². The van der Waals surface area contributed by atoms with E-state index in [1.54, 1.807) is 6.92 Å². The minimum Gasteiger partial charge on any atom is -0.335 e. The summed E-state index contributed by atoms with van der Waals surface area (Å²) in [5.41, 5.74) is 1.98. The standard InChI is InChI=1S/C16H20N6O2S/c1-9-3-5-11(6-4-9)13-20-21-16(22(13)17)25-10(2)14(23)19-15(24)18-12-7-8-12/h3-6,10,12H,7-8,17H2,1-2H3,(H2,18,19,23,24)/t10-/m0/s1. The zero-order valence-electron chi connectivity index (χ0n) is 14.0. The van der Waals surface area contributed by atoms with E-state index in [-0.39, 0.29) is 6.04 Å². The van der Waals surface area contributed by atoms with Crippen LogP contribution in [-0.2, 0) is 4.79 Å². The molecule has 0 saturated heterocycles. The molecule has 0 spiro atoms. The van der Waals surface area contributed by atoms with Gasteiger partial charge in [0.05, 0.1) is 5.25 Å². The molecular formula is C16H20N6O2S. The van der Waals surface area contributed by atoms with Gasteiger partial charge in [-0.15, -0.1) is 10.2 Å². The van der Waals surface area contributed by atoms with Crippen molar-refractivity contribution in [2.24, 2.45) is 0 Å². The number of thioether (sulfide) groups is 1. The zero-order chi connectivity index (χ0) is 18.0. The van der Waals surface area contributed by atoms with E-state index in [9.17, 15) is 9.59 Å². The highest BCUT2D eigenvalue weighted by molar-refractivity contribution is 8.00. The van der Waals surface area contributed by atoms with Gasteiger partial charge in [-0.2, -0.15) is 0 Å². The molecule has 0 unspecified atom stereocenters. The van der Waals surface area contributed by atoms with Crippen LogP contribution in [0.3, 0.4) is 0 Å². The Balaban J connectivity index is 1.63. The Morgan fingerprint density at radius 1 is 1.28 bits per heavy atom. The van der Waals surface area contributed by atoms with Crippen molar-refractivity contribution in [1.29, 1.82) is 0 Å². The van der Waals surface area contributed by atoms with Gasteiger partial charge in [0.15, 0.2) is 5.82 Å². The summed E-state index contributed by atoms with van der Waals surface area (Å²) in [5.74, 6) is 6.17. The third kappa shape index (κ3) is 4.30. The van der Waals surface area contributed by atoms with E-state index >= 15 is 0 Å². The maximum absolute atomic E-state index is 12.1. The first-order chi connectivity index (χ1) is 11.9. The van der Waals surface area contributed by atoms with Crippen LogP contribution in [0.2, 0.25) is 0 Å². The number of benzene rings is 1. The first kappa shape index (κ1) is 17.3. The molecule has 1 aromatic heterocycles. The van der Waals surface area contributed by atoms with Crippen molar-refractivity contribution in [3.63, 3.8) is 0 Å². The van der Waals surface area contributed by atoms with E-state index in [0.29, 0.717) is 11.0 Å². The summed E-state index contributed by atoms with van der Waals surface area (Å²) in [7, 11) is 0. The van der Waals surface area contributed by atoms with Gasteiger partial charge in [-0.05, 0) is 26.7 Å². The second-order valence-corrected chi connectivity index (χ2v) is 7.35. The molecule has 1 aliphatic carbocycles. The van der Waals surface area contributed by atoms with Crippen LogP contribution >= 0.6 is 11.8 Å². The Morgan fingerprint density at radius 3 is 2.60 bits per heavy atom. The van der Waals surface area contributed by atoms with Crippen molar-refractivity contribution < 1.29 is 9.59 Å². The average molecular weight is 360 g/mol. The number of amides is 3. The number of nitrogens with zero attached hydrogens (tertiary/aromatic N) is 3. The number of urea groups is 1. The van der Waals surface area contributed by atoms with E-state index in [1.807, 2.05) is 31.2 Å². The summed E-state index contributed by atoms with van der Waals surface area (Å²) in [4.78, 5) is 23.7. The lowest BCUT2D eigenvalue weighted by Crippen LogP contribution is -2.43. The Labute approximate surface area is 149 Å². The van der Waals surface area contributed by atoms with Gasteiger partial charge in [0.2, 0.25) is 11.1 Å². The number of nitrogens with one attached hydrogen (secondary N) is 2. The number of carbonyl (C=O) groups is 2. The van der Waals surface area contributed by atoms with Gasteiger partial charge in [0, 0.05) is 11.6 Å². The lowest BCUT2D eigenvalue weighted by atomic mass is 10.1. The lowest BCUT2D eigenvalue weighted by Gasteiger charge is -2.11. The fourth-order valence-electron chi connectivity index (χ4n) is 2.13. The topological polar surface area (TPSA) is 115 Å². The number of rotatable bonds is 5. The fourth-order valence-corrected chi connectivity index (χ4v) is 2.90. The van der Waals surface area contributed by atoms with Crippen molar-refractivity contribution in [3.05, 3.63) is 29.8 Å². The molecule has 1 fully saturated rings. The van der Waals surface area contributed by atoms with Gasteiger partial charge in [0.1, 0.15) is 0 Å². The van der Waals surface area contributed by atoms with Crippen LogP contribution < -0.4 is 16.5 Å². The molecule has 0 aliphatic heterocycles. The highest BCUT2D eigenvalue weighted by Crippen LogP contribution is 2.25. The number of carbonyl (C=O) groups excluding carboxylic acids is 2. The molecule has 25 heavy (non-hydrogen) atoms. The minimum atomic E-state index is -0.540. The van der Waals surface area contributed by atoms with Crippen molar-refractivity contribution in [2.75, 3.05) is 5.84 Å². The number of nitrogens with two attached hydrogens (primary N) is 1. The first-order valence-electron chi connectivity index (χ1n) is 7.99. The Bertz CT molecular complexity index is 784. The predicted octanol–water partition coefficient (Wildman–Crippen LogP) is 1.44. The van der Waals surface area contributed by atoms with Gasteiger partial charge >= 0.3 is 6.03 Å². The number of imide groups is 1. The molecule has 8 nitrogen and oxygen atoms in total. The number of aromatic nitrogens is 3.